The molecule has 5 rings (SSSR count). The number of allylic oxidation sites excluding steroid dienone is 1. The van der Waals surface area contributed by atoms with Crippen molar-refractivity contribution >= 4 is 17.4 Å². The first kappa shape index (κ1) is 20.9. The summed E-state index contributed by atoms with van der Waals surface area (Å²) in [5.74, 6) is 2.95. The minimum Gasteiger partial charge on any atom is -0.497 e. The molecule has 0 saturated heterocycles. The zero-order valence-corrected chi connectivity index (χ0v) is 18.5. The molecule has 0 bridgehead atoms. The van der Waals surface area contributed by atoms with Crippen LogP contribution in [0.2, 0.25) is 0 Å². The van der Waals surface area contributed by atoms with Crippen LogP contribution in [0.15, 0.2) is 58.4 Å². The van der Waals surface area contributed by atoms with Crippen molar-refractivity contribution in [3.8, 4) is 17.2 Å². The molecule has 9 heteroatoms. The van der Waals surface area contributed by atoms with Gasteiger partial charge in [-0.15, -0.1) is 0 Å². The maximum atomic E-state index is 13.5. The van der Waals surface area contributed by atoms with Crippen LogP contribution in [0.4, 0.5) is 11.6 Å². The number of nitrogens with zero attached hydrogens (tertiary/aromatic N) is 2. The molecule has 0 radical (unpaired) electrons. The van der Waals surface area contributed by atoms with Gasteiger partial charge in [-0.2, -0.15) is 0 Å². The molecule has 2 heterocycles. The molecule has 3 aromatic rings. The lowest BCUT2D eigenvalue weighted by atomic mass is 9.78. The Labute approximate surface area is 190 Å². The number of nitrogens with one attached hydrogen (secondary N) is 2. The fraction of sp³-hybridized carbons (Fsp3) is 0.292. The summed E-state index contributed by atoms with van der Waals surface area (Å²) in [5.41, 5.74) is 3.38. The highest BCUT2D eigenvalue weighted by atomic mass is 16.6. The van der Waals surface area contributed by atoms with Gasteiger partial charge in [-0.05, 0) is 58.0 Å². The monoisotopic (exact) mass is 448 g/mol. The highest BCUT2D eigenvalue weighted by molar-refractivity contribution is 6.00. The van der Waals surface area contributed by atoms with E-state index in [1.807, 2.05) is 42.5 Å². The molecule has 2 N–H and O–H groups in total. The second-order valence-electron chi connectivity index (χ2n) is 7.97. The lowest BCUT2D eigenvalue weighted by Gasteiger charge is -2.30. The molecule has 0 amide bonds. The lowest BCUT2D eigenvalue weighted by molar-refractivity contribution is -0.116. The third kappa shape index (κ3) is 3.75. The van der Waals surface area contributed by atoms with Crippen molar-refractivity contribution < 1.29 is 23.6 Å². The molecular formula is C24H24N4O5. The fourth-order valence-electron chi connectivity index (χ4n) is 4.50. The molecule has 2 aliphatic rings. The number of ketones is 1. The van der Waals surface area contributed by atoms with Gasteiger partial charge in [-0.1, -0.05) is 18.2 Å². The summed E-state index contributed by atoms with van der Waals surface area (Å²) >= 11 is 0. The number of carbonyl (C=O) groups is 1. The Balaban J connectivity index is 1.57. The number of fused-ring (bicyclic) bond motifs is 1. The van der Waals surface area contributed by atoms with E-state index >= 15 is 0 Å². The predicted octanol–water partition coefficient (Wildman–Crippen LogP) is 4.07. The first-order valence-corrected chi connectivity index (χ1v) is 10.6. The van der Waals surface area contributed by atoms with Crippen molar-refractivity contribution in [1.82, 2.24) is 10.3 Å². The number of hydrogen-bond acceptors (Lipinski definition) is 9. The molecule has 170 valence electrons. The average Bonchev–Trinajstić information content (AvgIpc) is 3.22. The molecule has 1 aliphatic heterocycles. The molecule has 2 atom stereocenters. The Morgan fingerprint density at radius 3 is 2.33 bits per heavy atom. The van der Waals surface area contributed by atoms with Gasteiger partial charge in [0.1, 0.15) is 5.75 Å². The number of rotatable bonds is 5. The molecule has 0 spiro atoms. The number of carbonyl (C=O) groups excluding carboxylic acids is 1. The Hall–Kier alpha value is -4.01. The summed E-state index contributed by atoms with van der Waals surface area (Å²) in [6, 6.07) is 13.0. The topological polar surface area (TPSA) is 108 Å². The van der Waals surface area contributed by atoms with Crippen LogP contribution in [-0.2, 0) is 4.79 Å². The highest BCUT2D eigenvalue weighted by Crippen LogP contribution is 2.44. The normalized spacial score (nSPS) is 19.5. The molecule has 0 fully saturated rings. The third-order valence-corrected chi connectivity index (χ3v) is 6.16. The summed E-state index contributed by atoms with van der Waals surface area (Å²) in [6.07, 6.45) is 1.04. The molecule has 2 aromatic carbocycles. The fourth-order valence-corrected chi connectivity index (χ4v) is 4.50. The van der Waals surface area contributed by atoms with Gasteiger partial charge in [0, 0.05) is 17.7 Å². The number of aromatic nitrogens is 2. The summed E-state index contributed by atoms with van der Waals surface area (Å²) in [6.45, 7) is 0. The Kier molecular flexibility index (Phi) is 5.37. The summed E-state index contributed by atoms with van der Waals surface area (Å²) in [4.78, 5) is 13.5. The number of ether oxygens (including phenoxy) is 3. The van der Waals surface area contributed by atoms with Crippen molar-refractivity contribution in [2.45, 2.75) is 24.8 Å². The van der Waals surface area contributed by atoms with Crippen molar-refractivity contribution in [1.29, 1.82) is 0 Å². The number of hydrogen-bond donors (Lipinski definition) is 2. The molecule has 0 saturated carbocycles. The minimum absolute atomic E-state index is 0.0297. The second kappa shape index (κ2) is 8.50. The van der Waals surface area contributed by atoms with E-state index in [2.05, 4.69) is 20.9 Å². The van der Waals surface area contributed by atoms with Crippen molar-refractivity contribution in [3.05, 3.63) is 64.9 Å². The predicted molar refractivity (Wildman–Crippen MR) is 121 cm³/mol. The van der Waals surface area contributed by atoms with E-state index in [1.165, 1.54) is 0 Å². The number of methoxy groups -OCH3 is 3. The van der Waals surface area contributed by atoms with Crippen LogP contribution in [0, 0.1) is 0 Å². The van der Waals surface area contributed by atoms with E-state index in [0.717, 1.165) is 22.6 Å². The van der Waals surface area contributed by atoms with Gasteiger partial charge in [-0.3, -0.25) is 4.79 Å². The summed E-state index contributed by atoms with van der Waals surface area (Å²) in [7, 11) is 4.80. The molecule has 1 aliphatic carbocycles. The van der Waals surface area contributed by atoms with Crippen LogP contribution in [0.25, 0.3) is 0 Å². The molecule has 1 aromatic heterocycles. The Morgan fingerprint density at radius 1 is 0.879 bits per heavy atom. The van der Waals surface area contributed by atoms with Crippen molar-refractivity contribution in [2.75, 3.05) is 32.0 Å². The van der Waals surface area contributed by atoms with Crippen LogP contribution < -0.4 is 24.8 Å². The first-order valence-electron chi connectivity index (χ1n) is 10.6. The van der Waals surface area contributed by atoms with E-state index in [-0.39, 0.29) is 11.7 Å². The van der Waals surface area contributed by atoms with E-state index in [4.69, 9.17) is 18.8 Å². The SMILES string of the molecule is COc1ccc([C@@H]2CC(=O)C3=C(C2)Nc2nonc2N[C@@H]3c2ccc(OC)c(OC)c2)cc1. The van der Waals surface area contributed by atoms with Gasteiger partial charge < -0.3 is 24.8 Å². The van der Waals surface area contributed by atoms with Crippen LogP contribution in [-0.4, -0.2) is 37.4 Å². The third-order valence-electron chi connectivity index (χ3n) is 6.16. The van der Waals surface area contributed by atoms with E-state index in [0.29, 0.717) is 41.5 Å². The smallest absolute Gasteiger partial charge is 0.219 e. The Bertz CT molecular complexity index is 1220. The maximum Gasteiger partial charge on any atom is 0.219 e. The van der Waals surface area contributed by atoms with Gasteiger partial charge in [0.15, 0.2) is 17.3 Å². The molecule has 9 nitrogen and oxygen atoms in total. The molecule has 33 heavy (non-hydrogen) atoms. The van der Waals surface area contributed by atoms with Gasteiger partial charge in [0.05, 0.1) is 27.4 Å². The first-order chi connectivity index (χ1) is 16.1. The number of anilines is 2. The van der Waals surface area contributed by atoms with Crippen LogP contribution in [0.3, 0.4) is 0 Å². The average molecular weight is 448 g/mol. The van der Waals surface area contributed by atoms with Crippen molar-refractivity contribution in [2.24, 2.45) is 0 Å². The standard InChI is InChI=1S/C24H24N4O5/c1-30-16-7-4-13(5-8-16)15-10-17-21(18(29)11-15)22(26-24-23(25-17)27-33-28-24)14-6-9-19(31-2)20(12-14)32-3/h4-9,12,15,22H,10-11H2,1-3H3,(H,25,27)(H,26,28)/t15-,22+/m0/s1. The van der Waals surface area contributed by atoms with Crippen LogP contribution in [0.1, 0.15) is 35.9 Å². The molecular weight excluding hydrogens is 424 g/mol. The quantitative estimate of drug-likeness (QED) is 0.597. The van der Waals surface area contributed by atoms with Gasteiger partial charge in [0.2, 0.25) is 11.6 Å². The van der Waals surface area contributed by atoms with E-state index in [9.17, 15) is 4.79 Å². The van der Waals surface area contributed by atoms with Gasteiger partial charge in [-0.25, -0.2) is 4.63 Å². The van der Waals surface area contributed by atoms with Crippen molar-refractivity contribution in [3.63, 3.8) is 0 Å². The minimum atomic E-state index is -0.454. The zero-order chi connectivity index (χ0) is 22.9. The number of Topliss-reactive ketones (excluding diaryl/α,β-unsaturated/α-hetero) is 1. The van der Waals surface area contributed by atoms with Gasteiger partial charge >= 0.3 is 0 Å². The lowest BCUT2D eigenvalue weighted by Crippen LogP contribution is -2.27. The zero-order valence-electron chi connectivity index (χ0n) is 18.5. The van der Waals surface area contributed by atoms with Gasteiger partial charge in [0.25, 0.3) is 0 Å². The maximum absolute atomic E-state index is 13.5. The largest absolute Gasteiger partial charge is 0.497 e. The van der Waals surface area contributed by atoms with E-state index < -0.39 is 6.04 Å². The number of benzene rings is 2. The molecule has 0 unspecified atom stereocenters. The van der Waals surface area contributed by atoms with Crippen LogP contribution >= 0.6 is 0 Å². The highest BCUT2D eigenvalue weighted by Gasteiger charge is 2.37. The van der Waals surface area contributed by atoms with E-state index in [1.54, 1.807) is 21.3 Å². The second-order valence-corrected chi connectivity index (χ2v) is 7.97. The summed E-state index contributed by atoms with van der Waals surface area (Å²) < 4.78 is 21.1. The Morgan fingerprint density at radius 2 is 1.61 bits per heavy atom. The van der Waals surface area contributed by atoms with Crippen LogP contribution in [0.5, 0.6) is 17.2 Å². The summed E-state index contributed by atoms with van der Waals surface area (Å²) in [5, 5.41) is 14.6.